The molecule has 0 aliphatic carbocycles. The lowest BCUT2D eigenvalue weighted by atomic mass is 10.1. The first kappa shape index (κ1) is 23.8. The summed E-state index contributed by atoms with van der Waals surface area (Å²) in [6.07, 6.45) is 2.55. The van der Waals surface area contributed by atoms with Crippen LogP contribution in [-0.2, 0) is 11.3 Å². The minimum Gasteiger partial charge on any atom is -0.434 e. The predicted octanol–water partition coefficient (Wildman–Crippen LogP) is 2.08. The van der Waals surface area contributed by atoms with Crippen molar-refractivity contribution in [3.63, 3.8) is 0 Å². The second-order valence-electron chi connectivity index (χ2n) is 7.07. The Labute approximate surface area is 175 Å². The van der Waals surface area contributed by atoms with Crippen LogP contribution in [0.3, 0.4) is 0 Å². The van der Waals surface area contributed by atoms with E-state index in [1.807, 2.05) is 6.92 Å². The number of rotatable bonds is 9. The number of carbonyl (C=O) groups is 1. The maximum absolute atomic E-state index is 14.1. The molecule has 0 atom stereocenters. The van der Waals surface area contributed by atoms with Gasteiger partial charge < -0.3 is 20.7 Å². The first-order valence-corrected chi connectivity index (χ1v) is 10.1. The standard InChI is InChI=1S/C20H30F3N5O2/c1-3-9-25-18(29)13-28-10-7-14(8-11-28)27-20(24-2)26-12-15-16(21)5-4-6-17(15)30-19(22)23/h4-6,14,19H,3,7-13H2,1-2H3,(H,25,29)(H2,24,26,27). The molecular weight excluding hydrogens is 399 g/mol. The number of nitrogens with zero attached hydrogens (tertiary/aromatic N) is 2. The van der Waals surface area contributed by atoms with E-state index in [0.29, 0.717) is 19.0 Å². The van der Waals surface area contributed by atoms with Gasteiger partial charge in [0.1, 0.15) is 11.6 Å². The fourth-order valence-corrected chi connectivity index (χ4v) is 3.24. The minimum absolute atomic E-state index is 0.00802. The zero-order valence-corrected chi connectivity index (χ0v) is 17.4. The maximum atomic E-state index is 14.1. The van der Waals surface area contributed by atoms with Crippen LogP contribution in [0.4, 0.5) is 13.2 Å². The van der Waals surface area contributed by atoms with E-state index in [2.05, 4.69) is 30.6 Å². The van der Waals surface area contributed by atoms with Gasteiger partial charge in [-0.05, 0) is 31.4 Å². The van der Waals surface area contributed by atoms with Crippen LogP contribution < -0.4 is 20.7 Å². The van der Waals surface area contributed by atoms with Gasteiger partial charge in [0.15, 0.2) is 5.96 Å². The molecule has 0 spiro atoms. The lowest BCUT2D eigenvalue weighted by molar-refractivity contribution is -0.122. The van der Waals surface area contributed by atoms with E-state index in [-0.39, 0.29) is 29.8 Å². The van der Waals surface area contributed by atoms with Crippen molar-refractivity contribution in [2.24, 2.45) is 4.99 Å². The molecule has 0 aromatic heterocycles. The monoisotopic (exact) mass is 429 g/mol. The van der Waals surface area contributed by atoms with Crippen molar-refractivity contribution in [3.8, 4) is 5.75 Å². The summed E-state index contributed by atoms with van der Waals surface area (Å²) >= 11 is 0. The van der Waals surface area contributed by atoms with E-state index in [0.717, 1.165) is 32.4 Å². The average molecular weight is 429 g/mol. The molecule has 1 fully saturated rings. The Morgan fingerprint density at radius 3 is 2.67 bits per heavy atom. The van der Waals surface area contributed by atoms with E-state index >= 15 is 0 Å². The molecule has 1 aliphatic rings. The highest BCUT2D eigenvalue weighted by Gasteiger charge is 2.22. The van der Waals surface area contributed by atoms with Gasteiger partial charge >= 0.3 is 6.61 Å². The molecule has 1 amide bonds. The van der Waals surface area contributed by atoms with Crippen molar-refractivity contribution in [1.82, 2.24) is 20.9 Å². The van der Waals surface area contributed by atoms with E-state index in [4.69, 9.17) is 0 Å². The third-order valence-electron chi connectivity index (χ3n) is 4.82. The topological polar surface area (TPSA) is 78.0 Å². The minimum atomic E-state index is -3.03. The number of piperidine rings is 1. The summed E-state index contributed by atoms with van der Waals surface area (Å²) in [5, 5.41) is 9.09. The number of aliphatic imine (C=N–C) groups is 1. The normalized spacial score (nSPS) is 15.9. The van der Waals surface area contributed by atoms with Gasteiger partial charge in [0, 0.05) is 44.8 Å². The molecule has 1 aromatic carbocycles. The first-order valence-electron chi connectivity index (χ1n) is 10.1. The third kappa shape index (κ3) is 7.74. The molecule has 0 radical (unpaired) electrons. The van der Waals surface area contributed by atoms with Crippen LogP contribution in [0.25, 0.3) is 0 Å². The number of guanidine groups is 1. The first-order chi connectivity index (χ1) is 14.4. The molecule has 1 heterocycles. The number of alkyl halides is 2. The predicted molar refractivity (Wildman–Crippen MR) is 109 cm³/mol. The summed E-state index contributed by atoms with van der Waals surface area (Å²) in [5.41, 5.74) is 0.00802. The van der Waals surface area contributed by atoms with E-state index in [9.17, 15) is 18.0 Å². The number of halogens is 3. The van der Waals surface area contributed by atoms with Gasteiger partial charge in [0.05, 0.1) is 6.54 Å². The summed E-state index contributed by atoms with van der Waals surface area (Å²) in [7, 11) is 1.58. The van der Waals surface area contributed by atoms with E-state index in [1.54, 1.807) is 7.05 Å². The Hall–Kier alpha value is -2.49. The average Bonchev–Trinajstić information content (AvgIpc) is 2.71. The van der Waals surface area contributed by atoms with Gasteiger partial charge in [-0.15, -0.1) is 0 Å². The summed E-state index contributed by atoms with van der Waals surface area (Å²) in [4.78, 5) is 18.1. The summed E-state index contributed by atoms with van der Waals surface area (Å²) in [6.45, 7) is 1.55. The molecule has 1 aromatic rings. The van der Waals surface area contributed by atoms with Gasteiger partial charge in [0.25, 0.3) is 0 Å². The third-order valence-corrected chi connectivity index (χ3v) is 4.82. The zero-order valence-electron chi connectivity index (χ0n) is 17.4. The Balaban J connectivity index is 1.82. The smallest absolute Gasteiger partial charge is 0.387 e. The molecule has 2 rings (SSSR count). The fraction of sp³-hybridized carbons (Fsp3) is 0.600. The summed E-state index contributed by atoms with van der Waals surface area (Å²) in [6, 6.07) is 3.95. The summed E-state index contributed by atoms with van der Waals surface area (Å²) in [5.74, 6) is -0.360. The largest absolute Gasteiger partial charge is 0.434 e. The molecule has 1 saturated heterocycles. The van der Waals surface area contributed by atoms with Crippen molar-refractivity contribution in [2.45, 2.75) is 45.4 Å². The molecule has 168 valence electrons. The van der Waals surface area contributed by atoms with Gasteiger partial charge in [0.2, 0.25) is 5.91 Å². The lowest BCUT2D eigenvalue weighted by Gasteiger charge is -2.32. The quantitative estimate of drug-likeness (QED) is 0.414. The molecule has 7 nitrogen and oxygen atoms in total. The number of hydrogen-bond donors (Lipinski definition) is 3. The molecule has 1 aliphatic heterocycles. The van der Waals surface area contributed by atoms with Crippen LogP contribution in [0.2, 0.25) is 0 Å². The van der Waals surface area contributed by atoms with Crippen LogP contribution in [0.15, 0.2) is 23.2 Å². The van der Waals surface area contributed by atoms with E-state index < -0.39 is 12.4 Å². The SMILES string of the molecule is CCCNC(=O)CN1CCC(NC(=NC)NCc2c(F)cccc2OC(F)F)CC1. The van der Waals surface area contributed by atoms with Crippen LogP contribution >= 0.6 is 0 Å². The van der Waals surface area contributed by atoms with Crippen LogP contribution in [0.1, 0.15) is 31.7 Å². The second-order valence-corrected chi connectivity index (χ2v) is 7.07. The zero-order chi connectivity index (χ0) is 21.9. The highest BCUT2D eigenvalue weighted by atomic mass is 19.3. The van der Waals surface area contributed by atoms with E-state index in [1.165, 1.54) is 18.2 Å². The van der Waals surface area contributed by atoms with Crippen molar-refractivity contribution in [1.29, 1.82) is 0 Å². The Kier molecular flexibility index (Phi) is 9.72. The highest BCUT2D eigenvalue weighted by Crippen LogP contribution is 2.23. The number of carbonyl (C=O) groups excluding carboxylic acids is 1. The van der Waals surface area contributed by atoms with Crippen LogP contribution in [0, 0.1) is 5.82 Å². The maximum Gasteiger partial charge on any atom is 0.387 e. The van der Waals surface area contributed by atoms with Crippen molar-refractivity contribution < 1.29 is 22.7 Å². The molecule has 0 saturated carbocycles. The number of likely N-dealkylation sites (tertiary alicyclic amines) is 1. The molecule has 10 heteroatoms. The molecule has 0 bridgehead atoms. The number of nitrogens with one attached hydrogen (secondary N) is 3. The van der Waals surface area contributed by atoms with Gasteiger partial charge in [-0.3, -0.25) is 14.7 Å². The second kappa shape index (κ2) is 12.3. The number of amides is 1. The number of benzene rings is 1. The Bertz CT molecular complexity index is 710. The highest BCUT2D eigenvalue weighted by molar-refractivity contribution is 5.80. The van der Waals surface area contributed by atoms with Crippen molar-refractivity contribution in [3.05, 3.63) is 29.6 Å². The Morgan fingerprint density at radius 2 is 2.03 bits per heavy atom. The van der Waals surface area contributed by atoms with Gasteiger partial charge in [-0.25, -0.2) is 4.39 Å². The molecule has 30 heavy (non-hydrogen) atoms. The fourth-order valence-electron chi connectivity index (χ4n) is 3.24. The summed E-state index contributed by atoms with van der Waals surface area (Å²) < 4.78 is 43.6. The molecule has 0 unspecified atom stereocenters. The van der Waals surface area contributed by atoms with Gasteiger partial charge in [-0.1, -0.05) is 13.0 Å². The van der Waals surface area contributed by atoms with Crippen LogP contribution in [0.5, 0.6) is 5.75 Å². The van der Waals surface area contributed by atoms with Crippen molar-refractivity contribution in [2.75, 3.05) is 33.2 Å². The molecular formula is C20H30F3N5O2. The van der Waals surface area contributed by atoms with Crippen molar-refractivity contribution >= 4 is 11.9 Å². The van der Waals surface area contributed by atoms with Crippen LogP contribution in [-0.4, -0.2) is 62.6 Å². The van der Waals surface area contributed by atoms with Gasteiger partial charge in [-0.2, -0.15) is 8.78 Å². The molecule has 3 N–H and O–H groups in total. The number of hydrogen-bond acceptors (Lipinski definition) is 4. The Morgan fingerprint density at radius 1 is 1.30 bits per heavy atom. The lowest BCUT2D eigenvalue weighted by Crippen LogP contribution is -2.50. The number of ether oxygens (including phenoxy) is 1.